The molecule has 2 amide bonds. The van der Waals surface area contributed by atoms with E-state index >= 15 is 0 Å². The molecule has 1 atom stereocenters. The van der Waals surface area contributed by atoms with Crippen LogP contribution >= 0.6 is 0 Å². The highest BCUT2D eigenvalue weighted by Gasteiger charge is 2.41. The first-order valence-corrected chi connectivity index (χ1v) is 13.4. The number of fused-ring (bicyclic) bond motifs is 3. The van der Waals surface area contributed by atoms with Gasteiger partial charge in [-0.3, -0.25) is 4.79 Å². The normalized spacial score (nSPS) is 23.0. The van der Waals surface area contributed by atoms with E-state index in [0.717, 1.165) is 54.1 Å². The van der Waals surface area contributed by atoms with E-state index in [9.17, 15) is 9.59 Å². The fraction of sp³-hybridized carbons (Fsp3) is 0.467. The molecule has 5 rings (SSSR count). The predicted octanol–water partition coefficient (Wildman–Crippen LogP) is 5.52. The Hall–Kier alpha value is -3.28. The summed E-state index contributed by atoms with van der Waals surface area (Å²) >= 11 is 0. The molecule has 0 spiro atoms. The summed E-state index contributed by atoms with van der Waals surface area (Å²) in [7, 11) is 0. The second kappa shape index (κ2) is 10.8. The molecular formula is C30H37N3O3. The van der Waals surface area contributed by atoms with Crippen molar-refractivity contribution in [3.05, 3.63) is 71.9 Å². The van der Waals surface area contributed by atoms with E-state index in [1.165, 1.54) is 12.8 Å². The van der Waals surface area contributed by atoms with Crippen LogP contribution in [0.25, 0.3) is 10.9 Å². The molecule has 190 valence electrons. The van der Waals surface area contributed by atoms with Gasteiger partial charge in [-0.1, -0.05) is 61.4 Å². The lowest BCUT2D eigenvalue weighted by atomic mass is 9.70. The minimum Gasteiger partial charge on any atom is -0.446 e. The second-order valence-electron chi connectivity index (χ2n) is 10.7. The average Bonchev–Trinajstić information content (AvgIpc) is 3.27. The number of alkyl carbamates (subject to hydrolysis) is 1. The van der Waals surface area contributed by atoms with Crippen molar-refractivity contribution in [3.8, 4) is 0 Å². The monoisotopic (exact) mass is 487 g/mol. The Labute approximate surface area is 213 Å². The molecule has 2 aromatic carbocycles. The SMILES string of the molecule is C[C@](Cc1c[nH]c2ccccc12)(NC(=O)OC1C2CCCC1CCC2)C(=O)NCCc1ccccc1. The number of H-pyrrole nitrogens is 1. The van der Waals surface area contributed by atoms with E-state index < -0.39 is 11.6 Å². The number of ether oxygens (including phenoxy) is 1. The molecule has 36 heavy (non-hydrogen) atoms. The molecule has 2 aliphatic carbocycles. The van der Waals surface area contributed by atoms with Crippen molar-refractivity contribution >= 4 is 22.9 Å². The molecule has 2 bridgehead atoms. The van der Waals surface area contributed by atoms with Crippen molar-refractivity contribution < 1.29 is 14.3 Å². The lowest BCUT2D eigenvalue weighted by Gasteiger charge is -2.42. The van der Waals surface area contributed by atoms with Gasteiger partial charge in [-0.05, 0) is 68.1 Å². The van der Waals surface area contributed by atoms with Crippen molar-refractivity contribution in [1.82, 2.24) is 15.6 Å². The number of aromatic amines is 1. The van der Waals surface area contributed by atoms with Gasteiger partial charge in [0.05, 0.1) is 0 Å². The summed E-state index contributed by atoms with van der Waals surface area (Å²) in [4.78, 5) is 30.1. The van der Waals surface area contributed by atoms with Crippen molar-refractivity contribution in [2.75, 3.05) is 6.54 Å². The van der Waals surface area contributed by atoms with Crippen molar-refractivity contribution in [2.24, 2.45) is 11.8 Å². The molecule has 3 N–H and O–H groups in total. The van der Waals surface area contributed by atoms with Crippen LogP contribution in [0.1, 0.15) is 56.6 Å². The van der Waals surface area contributed by atoms with Crippen LogP contribution in [0, 0.1) is 11.8 Å². The Morgan fingerprint density at radius 2 is 1.64 bits per heavy atom. The van der Waals surface area contributed by atoms with Gasteiger partial charge in [-0.15, -0.1) is 0 Å². The fourth-order valence-corrected chi connectivity index (χ4v) is 6.19. The molecule has 1 aromatic heterocycles. The number of para-hydroxylation sites is 1. The zero-order valence-electron chi connectivity index (χ0n) is 21.1. The molecule has 1 heterocycles. The van der Waals surface area contributed by atoms with Gasteiger partial charge >= 0.3 is 6.09 Å². The molecule has 0 unspecified atom stereocenters. The summed E-state index contributed by atoms with van der Waals surface area (Å²) < 4.78 is 6.05. The molecule has 0 aliphatic heterocycles. The maximum absolute atomic E-state index is 13.5. The van der Waals surface area contributed by atoms with Crippen LogP contribution in [-0.4, -0.2) is 35.2 Å². The first-order valence-electron chi connectivity index (χ1n) is 13.4. The van der Waals surface area contributed by atoms with Crippen LogP contribution in [-0.2, 0) is 22.4 Å². The maximum Gasteiger partial charge on any atom is 0.408 e. The van der Waals surface area contributed by atoms with E-state index in [1.54, 1.807) is 6.92 Å². The van der Waals surface area contributed by atoms with Gasteiger partial charge in [0, 0.05) is 30.1 Å². The van der Waals surface area contributed by atoms with E-state index in [-0.39, 0.29) is 12.0 Å². The van der Waals surface area contributed by atoms with Crippen LogP contribution in [0.5, 0.6) is 0 Å². The topological polar surface area (TPSA) is 83.2 Å². The number of nitrogens with one attached hydrogen (secondary N) is 3. The lowest BCUT2D eigenvalue weighted by Crippen LogP contribution is -2.59. The molecule has 2 fully saturated rings. The molecular weight excluding hydrogens is 450 g/mol. The van der Waals surface area contributed by atoms with Crippen LogP contribution in [0.2, 0.25) is 0 Å². The number of hydrogen-bond acceptors (Lipinski definition) is 3. The molecule has 2 saturated carbocycles. The summed E-state index contributed by atoms with van der Waals surface area (Å²) in [5.74, 6) is 0.690. The van der Waals surface area contributed by atoms with E-state index in [1.807, 2.05) is 60.8 Å². The minimum atomic E-state index is -1.15. The van der Waals surface area contributed by atoms with Crippen molar-refractivity contribution in [2.45, 2.75) is 69.9 Å². The lowest BCUT2D eigenvalue weighted by molar-refractivity contribution is -0.127. The standard InChI is InChI=1S/C30H37N3O3/c1-30(19-24-20-32-26-16-6-5-15-25(24)26,28(34)31-18-17-21-9-3-2-4-10-21)33-29(35)36-27-22-11-7-12-23(27)14-8-13-22/h2-6,9-10,15-16,20,22-23,27,32H,7-8,11-14,17-19H2,1H3,(H,31,34)(H,33,35)/t22?,23?,27?,30-/m1/s1. The highest BCUT2D eigenvalue weighted by Crippen LogP contribution is 2.41. The third-order valence-electron chi connectivity index (χ3n) is 8.11. The van der Waals surface area contributed by atoms with Gasteiger partial charge in [0.2, 0.25) is 5.91 Å². The summed E-state index contributed by atoms with van der Waals surface area (Å²) in [5, 5.41) is 7.11. The van der Waals surface area contributed by atoms with Gasteiger partial charge in [-0.2, -0.15) is 0 Å². The van der Waals surface area contributed by atoms with Gasteiger partial charge in [0.1, 0.15) is 11.6 Å². The van der Waals surface area contributed by atoms with E-state index in [4.69, 9.17) is 4.74 Å². The van der Waals surface area contributed by atoms with Crippen molar-refractivity contribution in [3.63, 3.8) is 0 Å². The number of carbonyl (C=O) groups excluding carboxylic acids is 2. The molecule has 3 aromatic rings. The van der Waals surface area contributed by atoms with Crippen LogP contribution < -0.4 is 10.6 Å². The molecule has 0 radical (unpaired) electrons. The smallest absolute Gasteiger partial charge is 0.408 e. The number of rotatable bonds is 8. The number of amides is 2. The van der Waals surface area contributed by atoms with E-state index in [0.29, 0.717) is 24.8 Å². The van der Waals surface area contributed by atoms with Crippen LogP contribution in [0.3, 0.4) is 0 Å². The quantitative estimate of drug-likeness (QED) is 0.391. The Bertz CT molecular complexity index is 1170. The van der Waals surface area contributed by atoms with Crippen molar-refractivity contribution in [1.29, 1.82) is 0 Å². The Morgan fingerprint density at radius 3 is 2.36 bits per heavy atom. The van der Waals surface area contributed by atoms with Gasteiger partial charge in [0.25, 0.3) is 0 Å². The summed E-state index contributed by atoms with van der Waals surface area (Å²) in [6, 6.07) is 18.1. The number of aromatic nitrogens is 1. The van der Waals surface area contributed by atoms with Gasteiger partial charge in [-0.25, -0.2) is 4.79 Å². The van der Waals surface area contributed by atoms with Crippen LogP contribution in [0.15, 0.2) is 60.8 Å². The third kappa shape index (κ3) is 5.43. The molecule has 6 nitrogen and oxygen atoms in total. The Balaban J connectivity index is 1.31. The Kier molecular flexibility index (Phi) is 7.30. The third-order valence-corrected chi connectivity index (χ3v) is 8.11. The summed E-state index contributed by atoms with van der Waals surface area (Å²) in [6.07, 6.45) is 9.44. The van der Waals surface area contributed by atoms with Gasteiger partial charge < -0.3 is 20.4 Å². The molecule has 2 aliphatic rings. The zero-order valence-corrected chi connectivity index (χ0v) is 21.1. The minimum absolute atomic E-state index is 0.0361. The first-order chi connectivity index (χ1) is 17.5. The Morgan fingerprint density at radius 1 is 0.972 bits per heavy atom. The molecule has 0 saturated heterocycles. The van der Waals surface area contributed by atoms with Gasteiger partial charge in [0.15, 0.2) is 0 Å². The summed E-state index contributed by atoms with van der Waals surface area (Å²) in [5.41, 5.74) is 2.01. The highest BCUT2D eigenvalue weighted by atomic mass is 16.6. The first kappa shape index (κ1) is 24.4. The maximum atomic E-state index is 13.5. The summed E-state index contributed by atoms with van der Waals surface area (Å²) in [6.45, 7) is 2.30. The predicted molar refractivity (Wildman–Crippen MR) is 142 cm³/mol. The highest BCUT2D eigenvalue weighted by molar-refractivity contribution is 5.91. The number of benzene rings is 2. The molecule has 6 heteroatoms. The zero-order chi connectivity index (χ0) is 25.0. The average molecular weight is 488 g/mol. The van der Waals surface area contributed by atoms with Crippen LogP contribution in [0.4, 0.5) is 4.79 Å². The van der Waals surface area contributed by atoms with E-state index in [2.05, 4.69) is 15.6 Å². The fourth-order valence-electron chi connectivity index (χ4n) is 6.19. The largest absolute Gasteiger partial charge is 0.446 e. The number of carbonyl (C=O) groups is 2. The second-order valence-corrected chi connectivity index (χ2v) is 10.7. The number of hydrogen-bond donors (Lipinski definition) is 3.